The molecule has 1 heterocycles. The Balaban J connectivity index is 0.00000200. The lowest BCUT2D eigenvalue weighted by molar-refractivity contribution is -0.384. The molecule has 1 aromatic carbocycles. The van der Waals surface area contributed by atoms with E-state index >= 15 is 0 Å². The molecule has 1 aromatic rings. The summed E-state index contributed by atoms with van der Waals surface area (Å²) < 4.78 is 0. The standard InChI is InChI=1S/C12H15N3O4.ClH/c16-11-2-1-9(15(18)19)7-10(11)14-12(17)8-3-5-13-6-4-8;/h1-2,7-8,13,16H,3-6H2,(H,14,17);1H. The third-order valence-electron chi connectivity index (χ3n) is 3.16. The fourth-order valence-corrected chi connectivity index (χ4v) is 2.06. The maximum absolute atomic E-state index is 12.0. The Morgan fingerprint density at radius 2 is 2.05 bits per heavy atom. The van der Waals surface area contributed by atoms with E-state index in [4.69, 9.17) is 0 Å². The molecule has 20 heavy (non-hydrogen) atoms. The SMILES string of the molecule is Cl.O=C(Nc1cc([N+](=O)[O-])ccc1O)C1CCNCC1. The van der Waals surface area contributed by atoms with Crippen LogP contribution in [-0.4, -0.2) is 29.0 Å². The normalized spacial score (nSPS) is 15.2. The Kier molecular flexibility index (Phi) is 5.72. The number of non-ortho nitro benzene ring substituents is 1. The highest BCUT2D eigenvalue weighted by molar-refractivity contribution is 5.94. The summed E-state index contributed by atoms with van der Waals surface area (Å²) in [6, 6.07) is 3.56. The van der Waals surface area contributed by atoms with Crippen LogP contribution in [0, 0.1) is 16.0 Å². The van der Waals surface area contributed by atoms with Gasteiger partial charge in [0.2, 0.25) is 5.91 Å². The monoisotopic (exact) mass is 301 g/mol. The zero-order valence-corrected chi connectivity index (χ0v) is 11.5. The molecule has 1 aliphatic rings. The number of anilines is 1. The second kappa shape index (κ2) is 7.06. The Labute approximate surface area is 121 Å². The number of carbonyl (C=O) groups excluding carboxylic acids is 1. The van der Waals surface area contributed by atoms with E-state index in [1.165, 1.54) is 12.1 Å². The molecule has 1 fully saturated rings. The first kappa shape index (κ1) is 16.2. The number of nitrogens with one attached hydrogen (secondary N) is 2. The molecule has 0 atom stereocenters. The summed E-state index contributed by atoms with van der Waals surface area (Å²) in [5, 5.41) is 26.0. The van der Waals surface area contributed by atoms with Gasteiger partial charge < -0.3 is 15.7 Å². The van der Waals surface area contributed by atoms with Crippen LogP contribution in [0.25, 0.3) is 0 Å². The minimum atomic E-state index is -0.570. The lowest BCUT2D eigenvalue weighted by Crippen LogP contribution is -2.34. The molecule has 3 N–H and O–H groups in total. The summed E-state index contributed by atoms with van der Waals surface area (Å²) >= 11 is 0. The van der Waals surface area contributed by atoms with Crippen molar-refractivity contribution in [3.05, 3.63) is 28.3 Å². The van der Waals surface area contributed by atoms with Gasteiger partial charge in [-0.15, -0.1) is 12.4 Å². The zero-order chi connectivity index (χ0) is 13.8. The van der Waals surface area contributed by atoms with Crippen LogP contribution >= 0.6 is 12.4 Å². The van der Waals surface area contributed by atoms with Gasteiger partial charge in [0.05, 0.1) is 10.6 Å². The van der Waals surface area contributed by atoms with Crippen LogP contribution < -0.4 is 10.6 Å². The number of phenolic OH excluding ortho intramolecular Hbond substituents is 1. The maximum atomic E-state index is 12.0. The van der Waals surface area contributed by atoms with Crippen LogP contribution in [0.3, 0.4) is 0 Å². The van der Waals surface area contributed by atoms with Crippen LogP contribution in [0.15, 0.2) is 18.2 Å². The molecule has 7 nitrogen and oxygen atoms in total. The highest BCUT2D eigenvalue weighted by Crippen LogP contribution is 2.28. The van der Waals surface area contributed by atoms with Gasteiger partial charge in [-0.3, -0.25) is 14.9 Å². The molecule has 8 heteroatoms. The molecule has 0 unspecified atom stereocenters. The van der Waals surface area contributed by atoms with Crippen molar-refractivity contribution < 1.29 is 14.8 Å². The lowest BCUT2D eigenvalue weighted by atomic mass is 9.97. The Bertz CT molecular complexity index is 503. The van der Waals surface area contributed by atoms with Gasteiger partial charge in [-0.1, -0.05) is 0 Å². The van der Waals surface area contributed by atoms with Crippen LogP contribution in [0.5, 0.6) is 5.75 Å². The van der Waals surface area contributed by atoms with Crippen LogP contribution in [0.2, 0.25) is 0 Å². The highest BCUT2D eigenvalue weighted by atomic mass is 35.5. The predicted octanol–water partition coefficient (Wildman–Crippen LogP) is 1.66. The minimum Gasteiger partial charge on any atom is -0.506 e. The van der Waals surface area contributed by atoms with E-state index in [1.807, 2.05) is 0 Å². The van der Waals surface area contributed by atoms with Gasteiger partial charge in [0, 0.05) is 18.1 Å². The molecular formula is C12H16ClN3O4. The number of nitro benzene ring substituents is 1. The number of piperidine rings is 1. The number of hydrogen-bond acceptors (Lipinski definition) is 5. The smallest absolute Gasteiger partial charge is 0.271 e. The zero-order valence-electron chi connectivity index (χ0n) is 10.7. The van der Waals surface area contributed by atoms with Crippen molar-refractivity contribution >= 4 is 29.7 Å². The fraction of sp³-hybridized carbons (Fsp3) is 0.417. The summed E-state index contributed by atoms with van der Waals surface area (Å²) in [6.45, 7) is 1.55. The van der Waals surface area contributed by atoms with Crippen molar-refractivity contribution in [2.75, 3.05) is 18.4 Å². The number of phenols is 1. The number of nitro groups is 1. The topological polar surface area (TPSA) is 104 Å². The Morgan fingerprint density at radius 1 is 1.40 bits per heavy atom. The molecule has 0 radical (unpaired) electrons. The van der Waals surface area contributed by atoms with Crippen LogP contribution in [0.4, 0.5) is 11.4 Å². The fourth-order valence-electron chi connectivity index (χ4n) is 2.06. The first-order chi connectivity index (χ1) is 9.08. The van der Waals surface area contributed by atoms with Gasteiger partial charge in [0.1, 0.15) is 5.75 Å². The third-order valence-corrected chi connectivity index (χ3v) is 3.16. The number of nitrogens with zero attached hydrogens (tertiary/aromatic N) is 1. The Hall–Kier alpha value is -1.86. The first-order valence-corrected chi connectivity index (χ1v) is 6.07. The molecule has 0 spiro atoms. The lowest BCUT2D eigenvalue weighted by Gasteiger charge is -2.21. The van der Waals surface area contributed by atoms with E-state index in [9.17, 15) is 20.0 Å². The van der Waals surface area contributed by atoms with Crippen LogP contribution in [-0.2, 0) is 4.79 Å². The van der Waals surface area contributed by atoms with E-state index in [0.29, 0.717) is 0 Å². The summed E-state index contributed by atoms with van der Waals surface area (Å²) in [4.78, 5) is 22.1. The van der Waals surface area contributed by atoms with Gasteiger partial charge in [-0.25, -0.2) is 0 Å². The average Bonchev–Trinajstić information content (AvgIpc) is 2.42. The summed E-state index contributed by atoms with van der Waals surface area (Å²) in [5.74, 6) is -0.509. The largest absolute Gasteiger partial charge is 0.506 e. The van der Waals surface area contributed by atoms with E-state index in [-0.39, 0.29) is 41.4 Å². The quantitative estimate of drug-likeness (QED) is 0.447. The molecule has 0 aromatic heterocycles. The molecule has 1 saturated heterocycles. The second-order valence-electron chi connectivity index (χ2n) is 4.47. The molecule has 110 valence electrons. The average molecular weight is 302 g/mol. The van der Waals surface area contributed by atoms with Gasteiger partial charge >= 0.3 is 0 Å². The molecular weight excluding hydrogens is 286 g/mol. The molecule has 2 rings (SSSR count). The van der Waals surface area contributed by atoms with Gasteiger partial charge in [0.15, 0.2) is 0 Å². The van der Waals surface area contributed by atoms with Crippen LogP contribution in [0.1, 0.15) is 12.8 Å². The van der Waals surface area contributed by atoms with Gasteiger partial charge in [-0.2, -0.15) is 0 Å². The highest BCUT2D eigenvalue weighted by Gasteiger charge is 2.22. The second-order valence-corrected chi connectivity index (χ2v) is 4.47. The molecule has 0 saturated carbocycles. The predicted molar refractivity (Wildman–Crippen MR) is 76.2 cm³/mol. The van der Waals surface area contributed by atoms with Crippen molar-refractivity contribution in [3.8, 4) is 5.75 Å². The van der Waals surface area contributed by atoms with Crippen molar-refractivity contribution in [2.45, 2.75) is 12.8 Å². The minimum absolute atomic E-state index is 0. The van der Waals surface area contributed by atoms with E-state index in [0.717, 1.165) is 32.0 Å². The number of hydrogen-bond donors (Lipinski definition) is 3. The molecule has 1 amide bonds. The number of amides is 1. The molecule has 0 bridgehead atoms. The van der Waals surface area contributed by atoms with Crippen molar-refractivity contribution in [2.24, 2.45) is 5.92 Å². The maximum Gasteiger partial charge on any atom is 0.271 e. The van der Waals surface area contributed by atoms with Crippen molar-refractivity contribution in [3.63, 3.8) is 0 Å². The number of carbonyl (C=O) groups is 1. The summed E-state index contributed by atoms with van der Waals surface area (Å²) in [7, 11) is 0. The summed E-state index contributed by atoms with van der Waals surface area (Å²) in [6.07, 6.45) is 1.45. The number of aromatic hydroxyl groups is 1. The van der Waals surface area contributed by atoms with Crippen molar-refractivity contribution in [1.82, 2.24) is 5.32 Å². The van der Waals surface area contributed by atoms with Gasteiger partial charge in [0.25, 0.3) is 5.69 Å². The van der Waals surface area contributed by atoms with Gasteiger partial charge in [-0.05, 0) is 32.0 Å². The third kappa shape index (κ3) is 3.82. The first-order valence-electron chi connectivity index (χ1n) is 6.07. The number of benzene rings is 1. The molecule has 1 aliphatic heterocycles. The Morgan fingerprint density at radius 3 is 2.65 bits per heavy atom. The van der Waals surface area contributed by atoms with E-state index < -0.39 is 4.92 Å². The summed E-state index contributed by atoms with van der Waals surface area (Å²) in [5.41, 5.74) is -0.0869. The van der Waals surface area contributed by atoms with E-state index in [1.54, 1.807) is 0 Å². The molecule has 0 aliphatic carbocycles. The number of halogens is 1. The number of rotatable bonds is 3. The van der Waals surface area contributed by atoms with Crippen molar-refractivity contribution in [1.29, 1.82) is 0 Å². The van der Waals surface area contributed by atoms with E-state index in [2.05, 4.69) is 10.6 Å².